The molecule has 1 saturated carbocycles. The van der Waals surface area contributed by atoms with Crippen molar-refractivity contribution < 1.29 is 4.74 Å². The number of anilines is 1. The smallest absolute Gasteiger partial charge is 0.148 e. The molecule has 5 heteroatoms. The van der Waals surface area contributed by atoms with E-state index >= 15 is 0 Å². The third-order valence-electron chi connectivity index (χ3n) is 7.15. The van der Waals surface area contributed by atoms with Gasteiger partial charge in [0, 0.05) is 44.5 Å². The minimum Gasteiger partial charge on any atom is -0.381 e. The van der Waals surface area contributed by atoms with Gasteiger partial charge in [0.1, 0.15) is 5.82 Å². The molecule has 0 spiro atoms. The second-order valence-electron chi connectivity index (χ2n) is 9.14. The average molecular weight is 401 g/mol. The number of piperidine rings is 1. The predicted molar refractivity (Wildman–Crippen MR) is 119 cm³/mol. The van der Waals surface area contributed by atoms with Crippen molar-refractivity contribution in [1.29, 1.82) is 0 Å². The zero-order valence-electron chi connectivity index (χ0n) is 17.2. The Kier molecular flexibility index (Phi) is 4.65. The van der Waals surface area contributed by atoms with Crippen LogP contribution in [0.15, 0.2) is 54.6 Å². The van der Waals surface area contributed by atoms with Crippen LogP contribution in [0.5, 0.6) is 0 Å². The summed E-state index contributed by atoms with van der Waals surface area (Å²) in [6.45, 7) is 5.60. The molecule has 3 aromatic rings. The Balaban J connectivity index is 1.05. The molecule has 2 aromatic carbocycles. The molecular formula is C25H28N4O. The summed E-state index contributed by atoms with van der Waals surface area (Å²) in [6, 6.07) is 19.6. The average Bonchev–Trinajstić information content (AvgIpc) is 3.23. The zero-order valence-corrected chi connectivity index (χ0v) is 17.2. The van der Waals surface area contributed by atoms with Gasteiger partial charge < -0.3 is 15.0 Å². The Morgan fingerprint density at radius 3 is 2.47 bits per heavy atom. The number of ether oxygens (including phenoxy) is 1. The number of benzene rings is 2. The Morgan fingerprint density at radius 2 is 1.70 bits per heavy atom. The van der Waals surface area contributed by atoms with Crippen molar-refractivity contribution >= 4 is 16.6 Å². The standard InChI is InChI=1S/C25H28N4O/c1-2-4-19-13-20(6-5-18(19)3-1)23-7-8-24(28-27-23)26-25-21-15-29(16-22(21)25)14-17-9-11-30-12-10-17/h1-8,13,17,21-22,25H,9-12,14-16H2,(H,26,28)/t21-,22+,25+. The first-order valence-corrected chi connectivity index (χ1v) is 11.2. The van der Waals surface area contributed by atoms with Gasteiger partial charge in [-0.25, -0.2) is 0 Å². The predicted octanol–water partition coefficient (Wildman–Crippen LogP) is 4.07. The molecule has 0 unspecified atom stereocenters. The van der Waals surface area contributed by atoms with Crippen LogP contribution in [-0.4, -0.2) is 54.0 Å². The first-order chi connectivity index (χ1) is 14.8. The summed E-state index contributed by atoms with van der Waals surface area (Å²) in [7, 11) is 0. The van der Waals surface area contributed by atoms with E-state index in [0.717, 1.165) is 48.0 Å². The maximum absolute atomic E-state index is 5.49. The minimum atomic E-state index is 0.566. The number of hydrogen-bond acceptors (Lipinski definition) is 5. The van der Waals surface area contributed by atoms with E-state index in [4.69, 9.17) is 4.74 Å². The number of aromatic nitrogens is 2. The van der Waals surface area contributed by atoms with Crippen LogP contribution in [0.25, 0.3) is 22.0 Å². The highest BCUT2D eigenvalue weighted by atomic mass is 16.5. The fourth-order valence-electron chi connectivity index (χ4n) is 5.35. The molecule has 2 saturated heterocycles. The Morgan fingerprint density at radius 1 is 0.900 bits per heavy atom. The van der Waals surface area contributed by atoms with Crippen molar-refractivity contribution in [3.05, 3.63) is 54.6 Å². The van der Waals surface area contributed by atoms with Gasteiger partial charge in [-0.05, 0) is 59.6 Å². The maximum atomic E-state index is 5.49. The van der Waals surface area contributed by atoms with Crippen molar-refractivity contribution in [2.24, 2.45) is 17.8 Å². The molecule has 2 aliphatic heterocycles. The lowest BCUT2D eigenvalue weighted by molar-refractivity contribution is 0.0540. The summed E-state index contributed by atoms with van der Waals surface area (Å²) in [6.07, 6.45) is 2.46. The second kappa shape index (κ2) is 7.64. The molecule has 1 aromatic heterocycles. The molecule has 0 radical (unpaired) electrons. The van der Waals surface area contributed by atoms with Crippen LogP contribution in [0.3, 0.4) is 0 Å². The molecule has 30 heavy (non-hydrogen) atoms. The van der Waals surface area contributed by atoms with Gasteiger partial charge in [0.2, 0.25) is 0 Å². The maximum Gasteiger partial charge on any atom is 0.148 e. The molecule has 3 heterocycles. The van der Waals surface area contributed by atoms with E-state index in [1.807, 2.05) is 0 Å². The lowest BCUT2D eigenvalue weighted by atomic mass is 10.00. The van der Waals surface area contributed by atoms with Crippen LogP contribution in [0.1, 0.15) is 12.8 Å². The van der Waals surface area contributed by atoms with Gasteiger partial charge >= 0.3 is 0 Å². The molecule has 5 nitrogen and oxygen atoms in total. The Labute approximate surface area is 177 Å². The highest BCUT2D eigenvalue weighted by Crippen LogP contribution is 2.47. The largest absolute Gasteiger partial charge is 0.381 e. The molecule has 3 aliphatic rings. The summed E-state index contributed by atoms with van der Waals surface area (Å²) in [5, 5.41) is 15.1. The topological polar surface area (TPSA) is 50.3 Å². The lowest BCUT2D eigenvalue weighted by Crippen LogP contribution is -2.34. The van der Waals surface area contributed by atoms with E-state index in [1.165, 1.54) is 43.2 Å². The number of nitrogens with one attached hydrogen (secondary N) is 1. The van der Waals surface area contributed by atoms with Gasteiger partial charge in [-0.3, -0.25) is 0 Å². The van der Waals surface area contributed by atoms with Crippen LogP contribution < -0.4 is 5.32 Å². The van der Waals surface area contributed by atoms with Gasteiger partial charge in [-0.15, -0.1) is 10.2 Å². The SMILES string of the molecule is c1ccc2cc(-c3ccc(N[C@H]4[C@@H]5CN(CC6CCOCC6)C[C@@H]54)nn3)ccc2c1. The molecule has 3 fully saturated rings. The van der Waals surface area contributed by atoms with E-state index in [0.29, 0.717) is 6.04 Å². The van der Waals surface area contributed by atoms with Gasteiger partial charge in [0.05, 0.1) is 5.69 Å². The normalized spacial score (nSPS) is 26.6. The van der Waals surface area contributed by atoms with Crippen LogP contribution in [0.4, 0.5) is 5.82 Å². The summed E-state index contributed by atoms with van der Waals surface area (Å²) in [5.41, 5.74) is 2.03. The highest BCUT2D eigenvalue weighted by molar-refractivity contribution is 5.86. The third-order valence-corrected chi connectivity index (χ3v) is 7.15. The number of nitrogens with zero attached hydrogens (tertiary/aromatic N) is 3. The summed E-state index contributed by atoms with van der Waals surface area (Å²) < 4.78 is 5.49. The van der Waals surface area contributed by atoms with Crippen LogP contribution >= 0.6 is 0 Å². The Bertz CT molecular complexity index is 1020. The summed E-state index contributed by atoms with van der Waals surface area (Å²) in [5.74, 6) is 3.27. The number of fused-ring (bicyclic) bond motifs is 2. The van der Waals surface area contributed by atoms with E-state index < -0.39 is 0 Å². The molecular weight excluding hydrogens is 372 g/mol. The van der Waals surface area contributed by atoms with Gasteiger partial charge in [-0.2, -0.15) is 0 Å². The second-order valence-corrected chi connectivity index (χ2v) is 9.14. The summed E-state index contributed by atoms with van der Waals surface area (Å²) in [4.78, 5) is 2.66. The first-order valence-electron chi connectivity index (χ1n) is 11.2. The van der Waals surface area contributed by atoms with E-state index in [1.54, 1.807) is 0 Å². The molecule has 0 amide bonds. The highest BCUT2D eigenvalue weighted by Gasteiger charge is 2.55. The first kappa shape index (κ1) is 18.3. The van der Waals surface area contributed by atoms with Crippen LogP contribution in [0.2, 0.25) is 0 Å². The molecule has 0 bridgehead atoms. The fourth-order valence-corrected chi connectivity index (χ4v) is 5.35. The van der Waals surface area contributed by atoms with Crippen molar-refractivity contribution in [3.8, 4) is 11.3 Å². The van der Waals surface area contributed by atoms with Gasteiger partial charge in [0.25, 0.3) is 0 Å². The Hall–Kier alpha value is -2.50. The van der Waals surface area contributed by atoms with E-state index in [2.05, 4.69) is 75.0 Å². The third kappa shape index (κ3) is 3.57. The van der Waals surface area contributed by atoms with E-state index in [-0.39, 0.29) is 0 Å². The molecule has 1 aliphatic carbocycles. The quantitative estimate of drug-likeness (QED) is 0.700. The van der Waals surface area contributed by atoms with Crippen molar-refractivity contribution in [3.63, 3.8) is 0 Å². The monoisotopic (exact) mass is 400 g/mol. The van der Waals surface area contributed by atoms with Crippen molar-refractivity contribution in [2.75, 3.05) is 38.2 Å². The lowest BCUT2D eigenvalue weighted by Gasteiger charge is -2.28. The minimum absolute atomic E-state index is 0.566. The van der Waals surface area contributed by atoms with Gasteiger partial charge in [0.15, 0.2) is 0 Å². The summed E-state index contributed by atoms with van der Waals surface area (Å²) >= 11 is 0. The zero-order chi connectivity index (χ0) is 19.9. The number of hydrogen-bond donors (Lipinski definition) is 1. The van der Waals surface area contributed by atoms with Crippen molar-refractivity contribution in [1.82, 2.24) is 15.1 Å². The molecule has 154 valence electrons. The molecule has 6 rings (SSSR count). The molecule has 3 atom stereocenters. The van der Waals surface area contributed by atoms with Gasteiger partial charge in [-0.1, -0.05) is 36.4 Å². The number of likely N-dealkylation sites (tertiary alicyclic amines) is 1. The molecule has 1 N–H and O–H groups in total. The number of rotatable bonds is 5. The van der Waals surface area contributed by atoms with Crippen molar-refractivity contribution in [2.45, 2.75) is 18.9 Å². The fraction of sp³-hybridized carbons (Fsp3) is 0.440. The van der Waals surface area contributed by atoms with Crippen LogP contribution in [-0.2, 0) is 4.74 Å². The van der Waals surface area contributed by atoms with E-state index in [9.17, 15) is 0 Å². The van der Waals surface area contributed by atoms with Crippen LogP contribution in [0, 0.1) is 17.8 Å².